The number of ether oxygens (including phenoxy) is 1. The summed E-state index contributed by atoms with van der Waals surface area (Å²) in [5.74, 6) is 0.0348. The van der Waals surface area contributed by atoms with Crippen molar-refractivity contribution in [2.75, 3.05) is 39.8 Å². The molecule has 1 atom stereocenters. The van der Waals surface area contributed by atoms with Gasteiger partial charge in [-0.25, -0.2) is 16.8 Å². The molecular formula is C26H35N3O6S2. The monoisotopic (exact) mass is 549 g/mol. The molecule has 2 heterocycles. The van der Waals surface area contributed by atoms with Crippen molar-refractivity contribution in [3.63, 3.8) is 0 Å². The minimum Gasteiger partial charge on any atom is -0.496 e. The van der Waals surface area contributed by atoms with Crippen LogP contribution in [0.1, 0.15) is 36.8 Å². The maximum atomic E-state index is 13.2. The summed E-state index contributed by atoms with van der Waals surface area (Å²) in [5, 5.41) is 2.92. The first-order chi connectivity index (χ1) is 17.6. The summed E-state index contributed by atoms with van der Waals surface area (Å²) in [6, 6.07) is 11.6. The molecule has 37 heavy (non-hydrogen) atoms. The van der Waals surface area contributed by atoms with Gasteiger partial charge in [0.05, 0.1) is 22.8 Å². The van der Waals surface area contributed by atoms with E-state index >= 15 is 0 Å². The Bertz CT molecular complexity index is 1320. The SMILES string of the molecule is COc1ccc(S(=O)(=O)N2CCC[C@H](C(=O)NCCc3ccc(S(=O)(=O)N4CCCC4)cc3)C2)cc1C. The predicted octanol–water partition coefficient (Wildman–Crippen LogP) is 2.55. The number of sulfonamides is 2. The first-order valence-corrected chi connectivity index (χ1v) is 15.5. The lowest BCUT2D eigenvalue weighted by Crippen LogP contribution is -2.45. The third-order valence-electron chi connectivity index (χ3n) is 7.10. The molecule has 2 aliphatic heterocycles. The second-order valence-corrected chi connectivity index (χ2v) is 13.5. The summed E-state index contributed by atoms with van der Waals surface area (Å²) in [6.07, 6.45) is 3.57. The Labute approximate surface area is 219 Å². The van der Waals surface area contributed by atoms with Gasteiger partial charge in [0.15, 0.2) is 0 Å². The number of aryl methyl sites for hydroxylation is 1. The average Bonchev–Trinajstić information content (AvgIpc) is 3.45. The molecule has 2 saturated heterocycles. The van der Waals surface area contributed by atoms with Crippen LogP contribution in [0.3, 0.4) is 0 Å². The summed E-state index contributed by atoms with van der Waals surface area (Å²) in [5.41, 5.74) is 1.65. The van der Waals surface area contributed by atoms with Gasteiger partial charge in [-0.05, 0) is 80.5 Å². The second-order valence-electron chi connectivity index (χ2n) is 9.63. The second kappa shape index (κ2) is 11.5. The molecule has 11 heteroatoms. The van der Waals surface area contributed by atoms with E-state index in [4.69, 9.17) is 4.74 Å². The number of hydrogen-bond acceptors (Lipinski definition) is 6. The van der Waals surface area contributed by atoms with Crippen LogP contribution < -0.4 is 10.1 Å². The quantitative estimate of drug-likeness (QED) is 0.514. The van der Waals surface area contributed by atoms with Gasteiger partial charge in [0, 0.05) is 32.7 Å². The van der Waals surface area contributed by atoms with Gasteiger partial charge < -0.3 is 10.1 Å². The molecular weight excluding hydrogens is 514 g/mol. The van der Waals surface area contributed by atoms with Crippen molar-refractivity contribution in [2.24, 2.45) is 5.92 Å². The molecule has 1 N–H and O–H groups in total. The smallest absolute Gasteiger partial charge is 0.243 e. The van der Waals surface area contributed by atoms with Gasteiger partial charge in [-0.1, -0.05) is 12.1 Å². The molecule has 4 rings (SSSR count). The predicted molar refractivity (Wildman–Crippen MR) is 140 cm³/mol. The lowest BCUT2D eigenvalue weighted by atomic mass is 9.99. The van der Waals surface area contributed by atoms with Crippen LogP contribution >= 0.6 is 0 Å². The van der Waals surface area contributed by atoms with Crippen molar-refractivity contribution >= 4 is 26.0 Å². The van der Waals surface area contributed by atoms with Gasteiger partial charge in [-0.2, -0.15) is 8.61 Å². The van der Waals surface area contributed by atoms with Gasteiger partial charge in [0.2, 0.25) is 26.0 Å². The third-order valence-corrected chi connectivity index (χ3v) is 10.9. The Kier molecular flexibility index (Phi) is 8.57. The van der Waals surface area contributed by atoms with Crippen molar-refractivity contribution < 1.29 is 26.4 Å². The highest BCUT2D eigenvalue weighted by molar-refractivity contribution is 7.89. The number of nitrogens with one attached hydrogen (secondary N) is 1. The van der Waals surface area contributed by atoms with Crippen molar-refractivity contribution in [3.05, 3.63) is 53.6 Å². The highest BCUT2D eigenvalue weighted by Crippen LogP contribution is 2.27. The molecule has 2 aliphatic rings. The highest BCUT2D eigenvalue weighted by atomic mass is 32.2. The normalized spacial score (nSPS) is 19.6. The number of nitrogens with zero attached hydrogens (tertiary/aromatic N) is 2. The van der Waals surface area contributed by atoms with Gasteiger partial charge in [-0.3, -0.25) is 4.79 Å². The number of carbonyl (C=O) groups is 1. The number of piperidine rings is 1. The van der Waals surface area contributed by atoms with Crippen LogP contribution in [0, 0.1) is 12.8 Å². The molecule has 1 amide bonds. The lowest BCUT2D eigenvalue weighted by molar-refractivity contribution is -0.126. The number of rotatable bonds is 9. The van der Waals surface area contributed by atoms with Crippen LogP contribution in [0.25, 0.3) is 0 Å². The first-order valence-electron chi connectivity index (χ1n) is 12.6. The van der Waals surface area contributed by atoms with E-state index in [0.29, 0.717) is 51.2 Å². The summed E-state index contributed by atoms with van der Waals surface area (Å²) < 4.78 is 59.9. The number of carbonyl (C=O) groups excluding carboxylic acids is 1. The van der Waals surface area contributed by atoms with Crippen LogP contribution in [0.5, 0.6) is 5.75 Å². The summed E-state index contributed by atoms with van der Waals surface area (Å²) in [4.78, 5) is 13.3. The molecule has 0 radical (unpaired) electrons. The number of benzene rings is 2. The minimum absolute atomic E-state index is 0.141. The fourth-order valence-electron chi connectivity index (χ4n) is 4.92. The Morgan fingerprint density at radius 1 is 0.919 bits per heavy atom. The van der Waals surface area contributed by atoms with E-state index in [1.54, 1.807) is 50.4 Å². The highest BCUT2D eigenvalue weighted by Gasteiger charge is 2.33. The van der Waals surface area contributed by atoms with E-state index in [-0.39, 0.29) is 22.2 Å². The zero-order chi connectivity index (χ0) is 26.6. The van der Waals surface area contributed by atoms with Crippen molar-refractivity contribution in [3.8, 4) is 5.75 Å². The van der Waals surface area contributed by atoms with Crippen molar-refractivity contribution in [1.82, 2.24) is 13.9 Å². The molecule has 2 aromatic carbocycles. The summed E-state index contributed by atoms with van der Waals surface area (Å²) >= 11 is 0. The van der Waals surface area contributed by atoms with E-state index in [1.165, 1.54) is 14.7 Å². The van der Waals surface area contributed by atoms with Crippen molar-refractivity contribution in [1.29, 1.82) is 0 Å². The molecule has 0 unspecified atom stereocenters. The van der Waals surface area contributed by atoms with E-state index in [9.17, 15) is 21.6 Å². The average molecular weight is 550 g/mol. The molecule has 2 fully saturated rings. The van der Waals surface area contributed by atoms with Crippen molar-refractivity contribution in [2.45, 2.75) is 48.8 Å². The molecule has 0 bridgehead atoms. The maximum Gasteiger partial charge on any atom is 0.243 e. The molecule has 2 aromatic rings. The molecule has 0 aliphatic carbocycles. The molecule has 9 nitrogen and oxygen atoms in total. The van der Waals surface area contributed by atoms with Gasteiger partial charge in [0.25, 0.3) is 0 Å². The molecule has 0 saturated carbocycles. The molecule has 0 spiro atoms. The first kappa shape index (κ1) is 27.6. The maximum absolute atomic E-state index is 13.2. The van der Waals surface area contributed by atoms with E-state index in [2.05, 4.69) is 5.32 Å². The number of methoxy groups -OCH3 is 1. The van der Waals surface area contributed by atoms with Crippen LogP contribution in [-0.2, 0) is 31.3 Å². The van der Waals surface area contributed by atoms with Crippen LogP contribution in [0.4, 0.5) is 0 Å². The van der Waals surface area contributed by atoms with Gasteiger partial charge >= 0.3 is 0 Å². The minimum atomic E-state index is -3.72. The Hall–Kier alpha value is -2.47. The van der Waals surface area contributed by atoms with E-state index in [1.807, 2.05) is 0 Å². The Balaban J connectivity index is 1.31. The summed E-state index contributed by atoms with van der Waals surface area (Å²) in [6.45, 7) is 3.83. The molecule has 202 valence electrons. The zero-order valence-electron chi connectivity index (χ0n) is 21.4. The largest absolute Gasteiger partial charge is 0.496 e. The number of amides is 1. The summed E-state index contributed by atoms with van der Waals surface area (Å²) in [7, 11) is -5.62. The van der Waals surface area contributed by atoms with Crippen LogP contribution in [0.2, 0.25) is 0 Å². The van der Waals surface area contributed by atoms with Gasteiger partial charge in [-0.15, -0.1) is 0 Å². The fourth-order valence-corrected chi connectivity index (χ4v) is 8.04. The van der Waals surface area contributed by atoms with Crippen LogP contribution in [-0.4, -0.2) is 71.2 Å². The Morgan fingerprint density at radius 2 is 1.54 bits per heavy atom. The number of hydrogen-bond donors (Lipinski definition) is 1. The standard InChI is InChI=1S/C26H35N3O6S2/c1-20-18-24(11-12-25(20)35-2)37(33,34)29-17-5-6-22(19-29)26(30)27-14-13-21-7-9-23(10-8-21)36(31,32)28-15-3-4-16-28/h7-12,18,22H,3-6,13-17,19H2,1-2H3,(H,27,30)/t22-/m0/s1. The molecule has 0 aromatic heterocycles. The Morgan fingerprint density at radius 3 is 2.19 bits per heavy atom. The van der Waals surface area contributed by atoms with Crippen LogP contribution in [0.15, 0.2) is 52.3 Å². The van der Waals surface area contributed by atoms with Gasteiger partial charge in [0.1, 0.15) is 5.75 Å². The van der Waals surface area contributed by atoms with E-state index < -0.39 is 26.0 Å². The topological polar surface area (TPSA) is 113 Å². The lowest BCUT2D eigenvalue weighted by Gasteiger charge is -2.31. The third kappa shape index (κ3) is 6.17. The zero-order valence-corrected chi connectivity index (χ0v) is 23.0. The van der Waals surface area contributed by atoms with E-state index in [0.717, 1.165) is 24.0 Å². The fraction of sp³-hybridized carbons (Fsp3) is 0.500.